The summed E-state index contributed by atoms with van der Waals surface area (Å²) in [6, 6.07) is 18.9. The minimum atomic E-state index is 0.383. The van der Waals surface area contributed by atoms with Crippen LogP contribution in [0.2, 0.25) is 0 Å². The Kier molecular flexibility index (Phi) is 6.02. The number of pyridine rings is 1. The van der Waals surface area contributed by atoms with Gasteiger partial charge in [0, 0.05) is 25.2 Å². The second kappa shape index (κ2) is 9.22. The lowest BCUT2D eigenvalue weighted by Gasteiger charge is -2.27. The van der Waals surface area contributed by atoms with Gasteiger partial charge in [-0.15, -0.1) is 0 Å². The number of rotatable bonds is 6. The van der Waals surface area contributed by atoms with Crippen LogP contribution in [0.15, 0.2) is 76.5 Å². The Balaban J connectivity index is 1.40. The normalized spacial score (nSPS) is 16.4. The van der Waals surface area contributed by atoms with Crippen molar-refractivity contribution in [3.63, 3.8) is 0 Å². The second-order valence-electron chi connectivity index (χ2n) is 7.09. The van der Waals surface area contributed by atoms with E-state index in [2.05, 4.69) is 39.9 Å². The molecule has 1 aromatic carbocycles. The van der Waals surface area contributed by atoms with Crippen LogP contribution in [0, 0.1) is 0 Å². The number of furan rings is 1. The zero-order chi connectivity index (χ0) is 19.0. The van der Waals surface area contributed by atoms with Gasteiger partial charge in [0.05, 0.1) is 18.5 Å². The Hall–Kier alpha value is -3.08. The molecule has 144 valence electrons. The number of guanidine groups is 1. The SMILES string of the molecule is c1ccc(CN=C(NCCc2ccco2)NC2CCc3ccccc3C2)nc1. The Bertz CT molecular complexity index is 890. The van der Waals surface area contributed by atoms with Gasteiger partial charge >= 0.3 is 0 Å². The molecule has 1 aliphatic carbocycles. The lowest BCUT2D eigenvalue weighted by atomic mass is 9.88. The predicted octanol–water partition coefficient (Wildman–Crippen LogP) is 3.51. The molecule has 0 aliphatic heterocycles. The molecule has 2 N–H and O–H groups in total. The summed E-state index contributed by atoms with van der Waals surface area (Å²) in [5, 5.41) is 7.08. The van der Waals surface area contributed by atoms with Gasteiger partial charge < -0.3 is 15.1 Å². The van der Waals surface area contributed by atoms with Crippen molar-refractivity contribution in [3.05, 3.63) is 89.6 Å². The monoisotopic (exact) mass is 374 g/mol. The summed E-state index contributed by atoms with van der Waals surface area (Å²) in [5.41, 5.74) is 3.87. The molecule has 1 unspecified atom stereocenters. The van der Waals surface area contributed by atoms with Crippen LogP contribution in [0.1, 0.15) is 29.0 Å². The smallest absolute Gasteiger partial charge is 0.191 e. The first-order valence-electron chi connectivity index (χ1n) is 9.91. The van der Waals surface area contributed by atoms with Crippen LogP contribution in [-0.2, 0) is 25.8 Å². The molecule has 4 rings (SSSR count). The summed E-state index contributed by atoms with van der Waals surface area (Å²) < 4.78 is 5.42. The first kappa shape index (κ1) is 18.3. The van der Waals surface area contributed by atoms with Gasteiger partial charge in [-0.25, -0.2) is 4.99 Å². The van der Waals surface area contributed by atoms with Crippen LogP contribution in [0.3, 0.4) is 0 Å². The van der Waals surface area contributed by atoms with Gasteiger partial charge in [0.2, 0.25) is 0 Å². The van der Waals surface area contributed by atoms with Gasteiger partial charge in [0.15, 0.2) is 5.96 Å². The molecule has 5 heteroatoms. The van der Waals surface area contributed by atoms with Gasteiger partial charge in [-0.05, 0) is 54.7 Å². The van der Waals surface area contributed by atoms with Crippen LogP contribution in [-0.4, -0.2) is 23.5 Å². The Morgan fingerprint density at radius 2 is 1.96 bits per heavy atom. The molecule has 3 aromatic rings. The number of nitrogens with zero attached hydrogens (tertiary/aromatic N) is 2. The molecule has 1 atom stereocenters. The fraction of sp³-hybridized carbons (Fsp3) is 0.304. The first-order valence-corrected chi connectivity index (χ1v) is 9.91. The van der Waals surface area contributed by atoms with Crippen LogP contribution in [0.25, 0.3) is 0 Å². The Labute approximate surface area is 165 Å². The number of aromatic nitrogens is 1. The maximum Gasteiger partial charge on any atom is 0.191 e. The molecule has 0 fully saturated rings. The minimum Gasteiger partial charge on any atom is -0.469 e. The molecule has 0 radical (unpaired) electrons. The molecule has 0 bridgehead atoms. The van der Waals surface area contributed by atoms with Crippen LogP contribution in [0.5, 0.6) is 0 Å². The van der Waals surface area contributed by atoms with Crippen LogP contribution < -0.4 is 10.6 Å². The van der Waals surface area contributed by atoms with E-state index in [0.29, 0.717) is 12.6 Å². The van der Waals surface area contributed by atoms with Crippen molar-refractivity contribution in [1.29, 1.82) is 0 Å². The molecule has 0 saturated carbocycles. The molecule has 0 spiro atoms. The highest BCUT2D eigenvalue weighted by atomic mass is 16.3. The molecule has 0 amide bonds. The zero-order valence-electron chi connectivity index (χ0n) is 16.0. The molecule has 5 nitrogen and oxygen atoms in total. The summed E-state index contributed by atoms with van der Waals surface area (Å²) in [6.45, 7) is 1.32. The third-order valence-electron chi connectivity index (χ3n) is 5.06. The van der Waals surface area contributed by atoms with Crippen molar-refractivity contribution in [2.45, 2.75) is 38.3 Å². The summed E-state index contributed by atoms with van der Waals surface area (Å²) in [5.74, 6) is 1.81. The van der Waals surface area contributed by atoms with Gasteiger partial charge in [0.1, 0.15) is 5.76 Å². The number of aliphatic imine (C=N–C) groups is 1. The highest BCUT2D eigenvalue weighted by Crippen LogP contribution is 2.21. The second-order valence-corrected chi connectivity index (χ2v) is 7.09. The number of hydrogen-bond donors (Lipinski definition) is 2. The van der Waals surface area contributed by atoms with Gasteiger partial charge in [0.25, 0.3) is 0 Å². The van der Waals surface area contributed by atoms with Crippen LogP contribution in [0.4, 0.5) is 0 Å². The highest BCUT2D eigenvalue weighted by Gasteiger charge is 2.19. The first-order chi connectivity index (χ1) is 13.9. The summed E-state index contributed by atoms with van der Waals surface area (Å²) in [6.07, 6.45) is 7.58. The van der Waals surface area contributed by atoms with Crippen molar-refractivity contribution in [3.8, 4) is 0 Å². The van der Waals surface area contributed by atoms with E-state index in [1.54, 1.807) is 12.5 Å². The van der Waals surface area contributed by atoms with E-state index in [1.165, 1.54) is 11.1 Å². The molecule has 1 aliphatic rings. The number of nitrogens with one attached hydrogen (secondary N) is 2. The summed E-state index contributed by atoms with van der Waals surface area (Å²) in [7, 11) is 0. The average Bonchev–Trinajstić information content (AvgIpc) is 3.26. The number of benzene rings is 1. The van der Waals surface area contributed by atoms with E-state index in [9.17, 15) is 0 Å². The summed E-state index contributed by atoms with van der Waals surface area (Å²) in [4.78, 5) is 9.13. The van der Waals surface area contributed by atoms with Crippen molar-refractivity contribution >= 4 is 5.96 Å². The van der Waals surface area contributed by atoms with E-state index < -0.39 is 0 Å². The number of aryl methyl sites for hydroxylation is 1. The summed E-state index contributed by atoms with van der Waals surface area (Å²) >= 11 is 0. The largest absolute Gasteiger partial charge is 0.469 e. The predicted molar refractivity (Wildman–Crippen MR) is 111 cm³/mol. The van der Waals surface area contributed by atoms with Crippen molar-refractivity contribution in [2.24, 2.45) is 4.99 Å². The van der Waals surface area contributed by atoms with Gasteiger partial charge in [-0.2, -0.15) is 0 Å². The lowest BCUT2D eigenvalue weighted by molar-refractivity contribution is 0.501. The molecular weight excluding hydrogens is 348 g/mol. The molecule has 28 heavy (non-hydrogen) atoms. The average molecular weight is 374 g/mol. The van der Waals surface area contributed by atoms with Crippen LogP contribution >= 0.6 is 0 Å². The van der Waals surface area contributed by atoms with Crippen molar-refractivity contribution < 1.29 is 4.42 Å². The topological polar surface area (TPSA) is 62.5 Å². The standard InChI is InChI=1S/C23H26N4O/c1-2-7-19-16-20(11-10-18(19)6-1)27-23(25-14-12-22-9-5-15-28-22)26-17-21-8-3-4-13-24-21/h1-9,13,15,20H,10-12,14,16-17H2,(H2,25,26,27). The van der Waals surface area contributed by atoms with Gasteiger partial charge in [-0.1, -0.05) is 30.3 Å². The van der Waals surface area contributed by atoms with E-state index in [4.69, 9.17) is 9.41 Å². The van der Waals surface area contributed by atoms with E-state index >= 15 is 0 Å². The fourth-order valence-corrected chi connectivity index (χ4v) is 3.58. The van der Waals surface area contributed by atoms with E-state index in [-0.39, 0.29) is 0 Å². The van der Waals surface area contributed by atoms with E-state index in [1.807, 2.05) is 30.3 Å². The minimum absolute atomic E-state index is 0.383. The van der Waals surface area contributed by atoms with Crippen molar-refractivity contribution in [1.82, 2.24) is 15.6 Å². The maximum atomic E-state index is 5.42. The third kappa shape index (κ3) is 5.00. The molecule has 2 aromatic heterocycles. The highest BCUT2D eigenvalue weighted by molar-refractivity contribution is 5.80. The van der Waals surface area contributed by atoms with E-state index in [0.717, 1.165) is 49.6 Å². The maximum absolute atomic E-state index is 5.42. The quantitative estimate of drug-likeness (QED) is 0.512. The fourth-order valence-electron chi connectivity index (χ4n) is 3.58. The number of hydrogen-bond acceptors (Lipinski definition) is 3. The molecule has 2 heterocycles. The molecule has 0 saturated heterocycles. The lowest BCUT2D eigenvalue weighted by Crippen LogP contribution is -2.46. The van der Waals surface area contributed by atoms with Gasteiger partial charge in [-0.3, -0.25) is 4.98 Å². The molecular formula is C23H26N4O. The Morgan fingerprint density at radius 3 is 2.79 bits per heavy atom. The van der Waals surface area contributed by atoms with Crippen molar-refractivity contribution in [2.75, 3.05) is 6.54 Å². The third-order valence-corrected chi connectivity index (χ3v) is 5.06. The Morgan fingerprint density at radius 1 is 1.07 bits per heavy atom. The zero-order valence-corrected chi connectivity index (χ0v) is 16.0. The number of fused-ring (bicyclic) bond motifs is 1.